The lowest BCUT2D eigenvalue weighted by atomic mass is 9.76. The average molecular weight is 356 g/mol. The first kappa shape index (κ1) is 17.1. The SMILES string of the molecule is O=C(O)[C@H]1CC2(CCN(C(=O)C3CC3)CC2)CN1C(=O)c1ccccc1. The zero-order chi connectivity index (χ0) is 18.3. The molecule has 1 atom stereocenters. The summed E-state index contributed by atoms with van der Waals surface area (Å²) in [5.74, 6) is -0.686. The second kappa shape index (κ2) is 6.41. The molecule has 1 spiro atoms. The summed E-state index contributed by atoms with van der Waals surface area (Å²) < 4.78 is 0. The number of piperidine rings is 1. The maximum atomic E-state index is 12.9. The fraction of sp³-hybridized carbons (Fsp3) is 0.550. The molecule has 138 valence electrons. The zero-order valence-corrected chi connectivity index (χ0v) is 14.8. The van der Waals surface area contributed by atoms with Crippen LogP contribution in [-0.2, 0) is 9.59 Å². The minimum absolute atomic E-state index is 0.187. The number of aliphatic carboxylic acids is 1. The van der Waals surface area contributed by atoms with Crippen LogP contribution in [0, 0.1) is 11.3 Å². The molecule has 2 amide bonds. The van der Waals surface area contributed by atoms with Crippen LogP contribution in [0.4, 0.5) is 0 Å². The molecule has 3 aliphatic rings. The minimum Gasteiger partial charge on any atom is -0.480 e. The Morgan fingerprint density at radius 2 is 1.69 bits per heavy atom. The molecule has 2 aliphatic heterocycles. The second-order valence-electron chi connectivity index (χ2n) is 7.96. The van der Waals surface area contributed by atoms with Gasteiger partial charge in [0.1, 0.15) is 6.04 Å². The van der Waals surface area contributed by atoms with Crippen molar-refractivity contribution in [2.75, 3.05) is 19.6 Å². The summed E-state index contributed by atoms with van der Waals surface area (Å²) >= 11 is 0. The molecule has 1 aromatic carbocycles. The van der Waals surface area contributed by atoms with Crippen LogP contribution in [0.25, 0.3) is 0 Å². The van der Waals surface area contributed by atoms with E-state index < -0.39 is 12.0 Å². The number of carboxylic acids is 1. The second-order valence-corrected chi connectivity index (χ2v) is 7.96. The van der Waals surface area contributed by atoms with Gasteiger partial charge in [0.05, 0.1) is 0 Å². The predicted octanol–water partition coefficient (Wildman–Crippen LogP) is 2.00. The summed E-state index contributed by atoms with van der Waals surface area (Å²) in [4.78, 5) is 40.4. The van der Waals surface area contributed by atoms with Crippen molar-refractivity contribution in [1.82, 2.24) is 9.80 Å². The highest BCUT2D eigenvalue weighted by atomic mass is 16.4. The summed E-state index contributed by atoms with van der Waals surface area (Å²) in [5.41, 5.74) is 0.338. The topological polar surface area (TPSA) is 77.9 Å². The summed E-state index contributed by atoms with van der Waals surface area (Å²) in [5, 5.41) is 9.66. The molecule has 1 aliphatic carbocycles. The molecular weight excluding hydrogens is 332 g/mol. The summed E-state index contributed by atoms with van der Waals surface area (Å²) in [7, 11) is 0. The molecule has 1 N–H and O–H groups in total. The number of hydrogen-bond donors (Lipinski definition) is 1. The Kier molecular flexibility index (Phi) is 4.21. The van der Waals surface area contributed by atoms with E-state index in [0.29, 0.717) is 31.6 Å². The monoisotopic (exact) mass is 356 g/mol. The van der Waals surface area contributed by atoms with Gasteiger partial charge in [0.2, 0.25) is 5.91 Å². The number of nitrogens with zero attached hydrogens (tertiary/aromatic N) is 2. The van der Waals surface area contributed by atoms with Gasteiger partial charge in [-0.15, -0.1) is 0 Å². The Bertz CT molecular complexity index is 721. The van der Waals surface area contributed by atoms with Crippen molar-refractivity contribution in [3.8, 4) is 0 Å². The Balaban J connectivity index is 1.48. The van der Waals surface area contributed by atoms with Crippen LogP contribution >= 0.6 is 0 Å². The maximum absolute atomic E-state index is 12.9. The van der Waals surface area contributed by atoms with Gasteiger partial charge in [0.25, 0.3) is 5.91 Å². The fourth-order valence-electron chi connectivity index (χ4n) is 4.39. The van der Waals surface area contributed by atoms with Gasteiger partial charge in [-0.2, -0.15) is 0 Å². The van der Waals surface area contributed by atoms with Gasteiger partial charge in [0, 0.05) is 31.1 Å². The highest BCUT2D eigenvalue weighted by Gasteiger charge is 2.50. The number of amides is 2. The Morgan fingerprint density at radius 3 is 2.27 bits per heavy atom. The molecule has 2 heterocycles. The minimum atomic E-state index is -0.942. The fourth-order valence-corrected chi connectivity index (χ4v) is 4.39. The molecule has 26 heavy (non-hydrogen) atoms. The zero-order valence-electron chi connectivity index (χ0n) is 14.8. The first-order valence-corrected chi connectivity index (χ1v) is 9.37. The summed E-state index contributed by atoms with van der Waals surface area (Å²) in [6.07, 6.45) is 4.02. The summed E-state index contributed by atoms with van der Waals surface area (Å²) in [6, 6.07) is 8.08. The standard InChI is InChI=1S/C20H24N2O4/c23-17(15-6-7-15)21-10-8-20(9-11-21)12-16(19(25)26)22(13-20)18(24)14-4-2-1-3-5-14/h1-5,15-16H,6-13H2,(H,25,26)/t16-/m1/s1. The van der Waals surface area contributed by atoms with Gasteiger partial charge in [-0.25, -0.2) is 4.79 Å². The van der Waals surface area contributed by atoms with Crippen LogP contribution in [-0.4, -0.2) is 58.4 Å². The van der Waals surface area contributed by atoms with E-state index >= 15 is 0 Å². The first-order chi connectivity index (χ1) is 12.5. The van der Waals surface area contributed by atoms with Crippen molar-refractivity contribution < 1.29 is 19.5 Å². The van der Waals surface area contributed by atoms with Crippen molar-refractivity contribution in [3.63, 3.8) is 0 Å². The van der Waals surface area contributed by atoms with Crippen molar-refractivity contribution in [1.29, 1.82) is 0 Å². The highest BCUT2D eigenvalue weighted by molar-refractivity contribution is 5.97. The van der Waals surface area contributed by atoms with E-state index in [0.717, 1.165) is 25.7 Å². The van der Waals surface area contributed by atoms with E-state index in [2.05, 4.69) is 0 Å². The van der Waals surface area contributed by atoms with E-state index in [1.165, 1.54) is 4.90 Å². The van der Waals surface area contributed by atoms with Crippen molar-refractivity contribution in [2.45, 2.75) is 38.1 Å². The van der Waals surface area contributed by atoms with Crippen LogP contribution < -0.4 is 0 Å². The summed E-state index contributed by atoms with van der Waals surface area (Å²) in [6.45, 7) is 1.81. The van der Waals surface area contributed by atoms with Crippen LogP contribution in [0.5, 0.6) is 0 Å². The lowest BCUT2D eigenvalue weighted by Gasteiger charge is -2.39. The number of benzene rings is 1. The van der Waals surface area contributed by atoms with Crippen molar-refractivity contribution in [2.24, 2.45) is 11.3 Å². The van der Waals surface area contributed by atoms with Gasteiger partial charge in [-0.05, 0) is 49.7 Å². The number of carboxylic acid groups (broad SMARTS) is 1. The van der Waals surface area contributed by atoms with E-state index in [1.54, 1.807) is 24.3 Å². The van der Waals surface area contributed by atoms with Gasteiger partial charge in [-0.3, -0.25) is 9.59 Å². The molecular formula is C20H24N2O4. The van der Waals surface area contributed by atoms with Gasteiger partial charge in [-0.1, -0.05) is 18.2 Å². The molecule has 0 aromatic heterocycles. The Morgan fingerprint density at radius 1 is 1.04 bits per heavy atom. The van der Waals surface area contributed by atoms with Gasteiger partial charge < -0.3 is 14.9 Å². The number of rotatable bonds is 3. The molecule has 1 saturated carbocycles. The Labute approximate surface area is 152 Å². The van der Waals surface area contributed by atoms with Gasteiger partial charge in [0.15, 0.2) is 0 Å². The largest absolute Gasteiger partial charge is 0.480 e. The van der Waals surface area contributed by atoms with Crippen molar-refractivity contribution in [3.05, 3.63) is 35.9 Å². The molecule has 0 radical (unpaired) electrons. The molecule has 6 heteroatoms. The van der Waals surface area contributed by atoms with E-state index in [1.807, 2.05) is 11.0 Å². The van der Waals surface area contributed by atoms with Gasteiger partial charge >= 0.3 is 5.97 Å². The molecule has 6 nitrogen and oxygen atoms in total. The number of carbonyl (C=O) groups excluding carboxylic acids is 2. The van der Waals surface area contributed by atoms with E-state index in [-0.39, 0.29) is 23.1 Å². The maximum Gasteiger partial charge on any atom is 0.326 e. The third-order valence-electron chi connectivity index (χ3n) is 6.14. The molecule has 2 saturated heterocycles. The lowest BCUT2D eigenvalue weighted by molar-refractivity contribution is -0.141. The predicted molar refractivity (Wildman–Crippen MR) is 94.5 cm³/mol. The smallest absolute Gasteiger partial charge is 0.326 e. The number of likely N-dealkylation sites (tertiary alicyclic amines) is 2. The van der Waals surface area contributed by atoms with Crippen LogP contribution in [0.2, 0.25) is 0 Å². The van der Waals surface area contributed by atoms with E-state index in [9.17, 15) is 19.5 Å². The third-order valence-corrected chi connectivity index (χ3v) is 6.14. The molecule has 0 bridgehead atoms. The molecule has 4 rings (SSSR count). The molecule has 3 fully saturated rings. The number of carbonyl (C=O) groups is 3. The molecule has 0 unspecified atom stereocenters. The number of hydrogen-bond acceptors (Lipinski definition) is 3. The van der Waals surface area contributed by atoms with Crippen LogP contribution in [0.15, 0.2) is 30.3 Å². The highest BCUT2D eigenvalue weighted by Crippen LogP contribution is 2.44. The van der Waals surface area contributed by atoms with E-state index in [4.69, 9.17) is 0 Å². The van der Waals surface area contributed by atoms with Crippen LogP contribution in [0.3, 0.4) is 0 Å². The molecule has 1 aromatic rings. The quantitative estimate of drug-likeness (QED) is 0.899. The van der Waals surface area contributed by atoms with Crippen molar-refractivity contribution >= 4 is 17.8 Å². The average Bonchev–Trinajstić information content (AvgIpc) is 3.44. The van der Waals surface area contributed by atoms with Crippen LogP contribution in [0.1, 0.15) is 42.5 Å². The third kappa shape index (κ3) is 3.08. The first-order valence-electron chi connectivity index (χ1n) is 9.37. The normalized spacial score (nSPS) is 24.7. The lowest BCUT2D eigenvalue weighted by Crippen LogP contribution is -2.45. The Hall–Kier alpha value is -2.37.